The van der Waals surface area contributed by atoms with Crippen LogP contribution in [0, 0.1) is 5.82 Å². The molecule has 0 spiro atoms. The molecule has 0 aliphatic carbocycles. The second-order valence-corrected chi connectivity index (χ2v) is 6.35. The van der Waals surface area contributed by atoms with Gasteiger partial charge in [0.1, 0.15) is 23.4 Å². The quantitative estimate of drug-likeness (QED) is 0.355. The summed E-state index contributed by atoms with van der Waals surface area (Å²) in [5.74, 6) is -0.693. The highest BCUT2D eigenvalue weighted by atomic mass is 19.4. The third-order valence-electron chi connectivity index (χ3n) is 4.46. The molecule has 154 valence electrons. The molecule has 2 heterocycles. The average molecular weight is 425 g/mol. The van der Waals surface area contributed by atoms with Crippen molar-refractivity contribution in [3.8, 4) is 16.9 Å². The van der Waals surface area contributed by atoms with Crippen molar-refractivity contribution in [2.45, 2.75) is 12.4 Å². The molecule has 0 amide bonds. The third-order valence-corrected chi connectivity index (χ3v) is 4.46. The Morgan fingerprint density at radius 1 is 0.800 bits per heavy atom. The number of aromatic nitrogens is 3. The molecule has 0 bridgehead atoms. The SMILES string of the molecule is Fc1cccnc1-c1ccccc1-n1cnc2c(C(F)(F)F)cc(C(F)(F)F)cc21. The van der Waals surface area contributed by atoms with Crippen molar-refractivity contribution in [2.24, 2.45) is 0 Å². The minimum absolute atomic E-state index is 0.0317. The maximum Gasteiger partial charge on any atom is 0.418 e. The lowest BCUT2D eigenvalue weighted by Crippen LogP contribution is -2.12. The standard InChI is InChI=1S/C20H10F7N3/c21-14-5-3-7-28-17(14)12-4-1-2-6-15(12)30-10-29-18-13(20(25,26)27)8-11(9-16(18)30)19(22,23)24/h1-10H. The maximum absolute atomic E-state index is 14.3. The molecular weight excluding hydrogens is 415 g/mol. The number of rotatable bonds is 2. The van der Waals surface area contributed by atoms with Gasteiger partial charge in [-0.1, -0.05) is 18.2 Å². The van der Waals surface area contributed by atoms with Crippen LogP contribution < -0.4 is 0 Å². The number of hydrogen-bond donors (Lipinski definition) is 0. The van der Waals surface area contributed by atoms with Gasteiger partial charge in [0.25, 0.3) is 0 Å². The summed E-state index contributed by atoms with van der Waals surface area (Å²) in [5.41, 5.74) is -3.82. The van der Waals surface area contributed by atoms with Crippen LogP contribution in [0.4, 0.5) is 30.7 Å². The van der Waals surface area contributed by atoms with Gasteiger partial charge in [0.2, 0.25) is 0 Å². The van der Waals surface area contributed by atoms with Crippen molar-refractivity contribution in [2.75, 3.05) is 0 Å². The van der Waals surface area contributed by atoms with Gasteiger partial charge in [0.05, 0.1) is 22.3 Å². The van der Waals surface area contributed by atoms with E-state index in [1.807, 2.05) is 0 Å². The van der Waals surface area contributed by atoms with E-state index in [1.54, 1.807) is 6.07 Å². The molecule has 30 heavy (non-hydrogen) atoms. The van der Waals surface area contributed by atoms with Crippen molar-refractivity contribution in [1.29, 1.82) is 0 Å². The lowest BCUT2D eigenvalue weighted by molar-refractivity contribution is -0.142. The van der Waals surface area contributed by atoms with Crippen LogP contribution in [0.3, 0.4) is 0 Å². The number of pyridine rings is 1. The number of nitrogens with zero attached hydrogens (tertiary/aromatic N) is 3. The van der Waals surface area contributed by atoms with Gasteiger partial charge < -0.3 is 0 Å². The Labute approximate surface area is 164 Å². The summed E-state index contributed by atoms with van der Waals surface area (Å²) in [6.45, 7) is 0. The fourth-order valence-electron chi connectivity index (χ4n) is 3.16. The Bertz CT molecular complexity index is 1240. The van der Waals surface area contributed by atoms with Crippen molar-refractivity contribution in [1.82, 2.24) is 14.5 Å². The Hall–Kier alpha value is -3.43. The molecule has 4 aromatic rings. The van der Waals surface area contributed by atoms with Gasteiger partial charge in [-0.3, -0.25) is 9.55 Å². The lowest BCUT2D eigenvalue weighted by atomic mass is 10.1. The molecule has 0 radical (unpaired) electrons. The minimum Gasteiger partial charge on any atom is -0.298 e. The Balaban J connectivity index is 2.04. The van der Waals surface area contributed by atoms with Crippen molar-refractivity contribution in [3.63, 3.8) is 0 Å². The summed E-state index contributed by atoms with van der Waals surface area (Å²) in [7, 11) is 0. The topological polar surface area (TPSA) is 30.7 Å². The van der Waals surface area contributed by atoms with Gasteiger partial charge in [0.15, 0.2) is 0 Å². The lowest BCUT2D eigenvalue weighted by Gasteiger charge is -2.15. The molecule has 0 aliphatic rings. The number of imidazole rings is 1. The number of halogens is 7. The summed E-state index contributed by atoms with van der Waals surface area (Å²) in [6, 6.07) is 9.09. The second kappa shape index (κ2) is 6.82. The van der Waals surface area contributed by atoms with Crippen LogP contribution in [0.2, 0.25) is 0 Å². The van der Waals surface area contributed by atoms with E-state index in [1.165, 1.54) is 30.5 Å². The van der Waals surface area contributed by atoms with Gasteiger partial charge in [-0.25, -0.2) is 9.37 Å². The average Bonchev–Trinajstić information content (AvgIpc) is 3.10. The van der Waals surface area contributed by atoms with Crippen molar-refractivity contribution in [3.05, 3.63) is 78.0 Å². The van der Waals surface area contributed by atoms with Crippen LogP contribution in [0.1, 0.15) is 11.1 Å². The Morgan fingerprint density at radius 2 is 1.53 bits per heavy atom. The predicted molar refractivity (Wildman–Crippen MR) is 94.3 cm³/mol. The maximum atomic E-state index is 14.3. The van der Waals surface area contributed by atoms with Crippen LogP contribution in [-0.4, -0.2) is 14.5 Å². The van der Waals surface area contributed by atoms with E-state index in [0.29, 0.717) is 6.07 Å². The third kappa shape index (κ3) is 3.38. The summed E-state index contributed by atoms with van der Waals surface area (Å²) in [4.78, 5) is 7.65. The van der Waals surface area contributed by atoms with Crippen molar-refractivity contribution >= 4 is 11.0 Å². The van der Waals surface area contributed by atoms with E-state index < -0.39 is 40.3 Å². The van der Waals surface area contributed by atoms with Gasteiger partial charge >= 0.3 is 12.4 Å². The highest BCUT2D eigenvalue weighted by molar-refractivity contribution is 5.84. The summed E-state index contributed by atoms with van der Waals surface area (Å²) in [6.07, 6.45) is -7.76. The van der Waals surface area contributed by atoms with Gasteiger partial charge in [0, 0.05) is 11.8 Å². The Morgan fingerprint density at radius 3 is 2.20 bits per heavy atom. The van der Waals surface area contributed by atoms with Crippen LogP contribution >= 0.6 is 0 Å². The summed E-state index contributed by atoms with van der Waals surface area (Å²) in [5, 5.41) is 0. The van der Waals surface area contributed by atoms with Crippen LogP contribution in [-0.2, 0) is 12.4 Å². The predicted octanol–water partition coefficient (Wildman–Crippen LogP) is 6.26. The van der Waals surface area contributed by atoms with E-state index in [4.69, 9.17) is 0 Å². The number of alkyl halides is 6. The largest absolute Gasteiger partial charge is 0.418 e. The molecule has 2 aromatic carbocycles. The molecule has 0 fully saturated rings. The molecule has 0 saturated carbocycles. The molecule has 3 nitrogen and oxygen atoms in total. The van der Waals surface area contributed by atoms with E-state index in [-0.39, 0.29) is 23.0 Å². The fraction of sp³-hybridized carbons (Fsp3) is 0.100. The first kappa shape index (κ1) is 19.9. The Kier molecular flexibility index (Phi) is 4.52. The molecule has 0 unspecified atom stereocenters. The molecule has 4 rings (SSSR count). The first-order valence-corrected chi connectivity index (χ1v) is 8.43. The zero-order valence-corrected chi connectivity index (χ0v) is 14.8. The van der Waals surface area contributed by atoms with E-state index >= 15 is 0 Å². The monoisotopic (exact) mass is 425 g/mol. The molecule has 0 N–H and O–H groups in total. The van der Waals surface area contributed by atoms with E-state index in [2.05, 4.69) is 9.97 Å². The van der Waals surface area contributed by atoms with E-state index in [9.17, 15) is 30.7 Å². The number of benzene rings is 2. The van der Waals surface area contributed by atoms with Gasteiger partial charge in [-0.2, -0.15) is 26.3 Å². The highest BCUT2D eigenvalue weighted by Crippen LogP contribution is 2.40. The molecule has 0 saturated heterocycles. The van der Waals surface area contributed by atoms with Crippen LogP contribution in [0.15, 0.2) is 61.1 Å². The zero-order chi connectivity index (χ0) is 21.7. The first-order valence-electron chi connectivity index (χ1n) is 8.43. The number of hydrogen-bond acceptors (Lipinski definition) is 2. The zero-order valence-electron chi connectivity index (χ0n) is 14.8. The van der Waals surface area contributed by atoms with Gasteiger partial charge in [-0.15, -0.1) is 0 Å². The fourth-order valence-corrected chi connectivity index (χ4v) is 3.16. The first-order chi connectivity index (χ1) is 14.1. The van der Waals surface area contributed by atoms with Crippen LogP contribution in [0.25, 0.3) is 28.0 Å². The molecule has 0 atom stereocenters. The molecular formula is C20H10F7N3. The number of fused-ring (bicyclic) bond motifs is 1. The highest BCUT2D eigenvalue weighted by Gasteiger charge is 2.39. The number of para-hydroxylation sites is 1. The smallest absolute Gasteiger partial charge is 0.298 e. The second-order valence-electron chi connectivity index (χ2n) is 6.35. The van der Waals surface area contributed by atoms with Gasteiger partial charge in [-0.05, 0) is 30.3 Å². The molecule has 2 aromatic heterocycles. The minimum atomic E-state index is -5.05. The summed E-state index contributed by atoms with van der Waals surface area (Å²) < 4.78 is 95.4. The molecule has 0 aliphatic heterocycles. The normalized spacial score (nSPS) is 12.5. The molecule has 10 heteroatoms. The summed E-state index contributed by atoms with van der Waals surface area (Å²) >= 11 is 0. The van der Waals surface area contributed by atoms with Crippen molar-refractivity contribution < 1.29 is 30.7 Å². The van der Waals surface area contributed by atoms with Crippen LogP contribution in [0.5, 0.6) is 0 Å². The van der Waals surface area contributed by atoms with E-state index in [0.717, 1.165) is 17.0 Å².